The van der Waals surface area contributed by atoms with Crippen LogP contribution in [0.4, 0.5) is 0 Å². The van der Waals surface area contributed by atoms with Crippen LogP contribution >= 0.6 is 0 Å². The van der Waals surface area contributed by atoms with Gasteiger partial charge in [0.05, 0.1) is 0 Å². The lowest BCUT2D eigenvalue weighted by Crippen LogP contribution is -2.13. The maximum Gasteiger partial charge on any atom is -0.00448 e. The monoisotopic (exact) mass is 165 g/mol. The average molecular weight is 165 g/mol. The quantitative estimate of drug-likeness (QED) is 0.491. The van der Waals surface area contributed by atoms with Crippen molar-refractivity contribution in [1.82, 2.24) is 0 Å². The minimum atomic E-state index is 0.685. The molecule has 1 fully saturated rings. The number of rotatable bonds is 3. The Bertz CT molecular complexity index is 174. The normalized spacial score (nSPS) is 41.2. The maximum absolute atomic E-state index is 7.12. The van der Waals surface area contributed by atoms with Gasteiger partial charge in [0.2, 0.25) is 0 Å². The van der Waals surface area contributed by atoms with Crippen molar-refractivity contribution in [3.05, 3.63) is 12.7 Å². The van der Waals surface area contributed by atoms with Crippen LogP contribution in [0.5, 0.6) is 0 Å². The predicted molar refractivity (Wildman–Crippen MR) is 53.5 cm³/mol. The van der Waals surface area contributed by atoms with Gasteiger partial charge in [-0.2, -0.15) is 0 Å². The standard InChI is InChI=1S/C11H19N/c1-4-10-7-8(2)11(5-6-12)9(10)3/h4,6,8-12H,1,5,7H2,2-3H3. The van der Waals surface area contributed by atoms with E-state index in [0.717, 1.165) is 18.3 Å². The first-order valence-electron chi connectivity index (χ1n) is 4.82. The van der Waals surface area contributed by atoms with Gasteiger partial charge in [-0.05, 0) is 42.7 Å². The van der Waals surface area contributed by atoms with Crippen molar-refractivity contribution in [2.24, 2.45) is 23.7 Å². The first-order chi connectivity index (χ1) is 5.70. The molecule has 0 saturated heterocycles. The predicted octanol–water partition coefficient (Wildman–Crippen LogP) is 3.12. The average Bonchev–Trinajstić information content (AvgIpc) is 2.32. The fraction of sp³-hybridized carbons (Fsp3) is 0.727. The fourth-order valence-electron chi connectivity index (χ4n) is 2.55. The second-order valence-electron chi connectivity index (χ2n) is 4.08. The summed E-state index contributed by atoms with van der Waals surface area (Å²) in [5.41, 5.74) is 0. The van der Waals surface area contributed by atoms with Crippen LogP contribution in [0.1, 0.15) is 26.7 Å². The molecule has 1 rings (SSSR count). The molecule has 0 aliphatic heterocycles. The molecule has 4 unspecified atom stereocenters. The van der Waals surface area contributed by atoms with E-state index in [2.05, 4.69) is 26.5 Å². The molecule has 1 nitrogen and oxygen atoms in total. The van der Waals surface area contributed by atoms with Crippen LogP contribution in [0.2, 0.25) is 0 Å². The third-order valence-corrected chi connectivity index (χ3v) is 3.42. The summed E-state index contributed by atoms with van der Waals surface area (Å²) in [5, 5.41) is 7.12. The summed E-state index contributed by atoms with van der Waals surface area (Å²) in [6.45, 7) is 8.46. The number of nitrogens with one attached hydrogen (secondary N) is 1. The SMILES string of the molecule is C=CC1CC(C)C(CC=N)C1C. The van der Waals surface area contributed by atoms with Crippen LogP contribution in [-0.2, 0) is 0 Å². The van der Waals surface area contributed by atoms with E-state index in [0.29, 0.717) is 11.8 Å². The minimum absolute atomic E-state index is 0.685. The molecule has 0 aromatic carbocycles. The molecule has 0 heterocycles. The Morgan fingerprint density at radius 2 is 2.17 bits per heavy atom. The summed E-state index contributed by atoms with van der Waals surface area (Å²) in [6.07, 6.45) is 5.87. The van der Waals surface area contributed by atoms with Gasteiger partial charge in [-0.3, -0.25) is 0 Å². The van der Waals surface area contributed by atoms with Crippen LogP contribution in [0.15, 0.2) is 12.7 Å². The van der Waals surface area contributed by atoms with E-state index in [9.17, 15) is 0 Å². The molecule has 0 radical (unpaired) electrons. The molecule has 0 aromatic heterocycles. The molecular weight excluding hydrogens is 146 g/mol. The molecule has 1 saturated carbocycles. The molecule has 1 N–H and O–H groups in total. The van der Waals surface area contributed by atoms with Crippen molar-refractivity contribution in [2.45, 2.75) is 26.7 Å². The van der Waals surface area contributed by atoms with Crippen LogP contribution in [0.25, 0.3) is 0 Å². The van der Waals surface area contributed by atoms with Gasteiger partial charge in [0.25, 0.3) is 0 Å². The van der Waals surface area contributed by atoms with Gasteiger partial charge in [0, 0.05) is 0 Å². The smallest absolute Gasteiger partial charge is 0.00448 e. The van der Waals surface area contributed by atoms with Crippen LogP contribution < -0.4 is 0 Å². The van der Waals surface area contributed by atoms with E-state index in [1.807, 2.05) is 0 Å². The van der Waals surface area contributed by atoms with Crippen LogP contribution in [0, 0.1) is 29.1 Å². The Kier molecular flexibility index (Phi) is 3.07. The van der Waals surface area contributed by atoms with E-state index in [1.165, 1.54) is 6.42 Å². The summed E-state index contributed by atoms with van der Waals surface area (Å²) < 4.78 is 0. The van der Waals surface area contributed by atoms with Crippen molar-refractivity contribution in [1.29, 1.82) is 5.41 Å². The molecule has 1 heteroatoms. The summed E-state index contributed by atoms with van der Waals surface area (Å²) in [5.74, 6) is 2.89. The Hall–Kier alpha value is -0.590. The van der Waals surface area contributed by atoms with Crippen LogP contribution in [-0.4, -0.2) is 6.21 Å². The lowest BCUT2D eigenvalue weighted by Gasteiger charge is -2.18. The Morgan fingerprint density at radius 3 is 2.58 bits per heavy atom. The van der Waals surface area contributed by atoms with Gasteiger partial charge in [0.1, 0.15) is 0 Å². The Morgan fingerprint density at radius 1 is 1.50 bits per heavy atom. The largest absolute Gasteiger partial charge is 0.313 e. The third-order valence-electron chi connectivity index (χ3n) is 3.42. The lowest BCUT2D eigenvalue weighted by molar-refractivity contribution is 0.345. The van der Waals surface area contributed by atoms with E-state index in [-0.39, 0.29) is 0 Å². The minimum Gasteiger partial charge on any atom is -0.313 e. The number of hydrogen-bond donors (Lipinski definition) is 1. The zero-order chi connectivity index (χ0) is 9.14. The van der Waals surface area contributed by atoms with Gasteiger partial charge in [-0.15, -0.1) is 6.58 Å². The van der Waals surface area contributed by atoms with Gasteiger partial charge in [-0.25, -0.2) is 0 Å². The van der Waals surface area contributed by atoms with Gasteiger partial charge < -0.3 is 5.41 Å². The molecule has 1 aliphatic carbocycles. The van der Waals surface area contributed by atoms with Crippen molar-refractivity contribution in [3.63, 3.8) is 0 Å². The summed E-state index contributed by atoms with van der Waals surface area (Å²) in [4.78, 5) is 0. The molecule has 0 spiro atoms. The van der Waals surface area contributed by atoms with Gasteiger partial charge in [0.15, 0.2) is 0 Å². The summed E-state index contributed by atoms with van der Waals surface area (Å²) in [7, 11) is 0. The zero-order valence-corrected chi connectivity index (χ0v) is 8.09. The highest BCUT2D eigenvalue weighted by Crippen LogP contribution is 2.42. The number of allylic oxidation sites excluding steroid dienone is 1. The van der Waals surface area contributed by atoms with E-state index in [1.54, 1.807) is 6.21 Å². The molecular formula is C11H19N. The lowest BCUT2D eigenvalue weighted by atomic mass is 9.87. The molecule has 68 valence electrons. The first kappa shape index (κ1) is 9.50. The highest BCUT2D eigenvalue weighted by molar-refractivity contribution is 5.53. The number of hydrogen-bond acceptors (Lipinski definition) is 1. The highest BCUT2D eigenvalue weighted by atomic mass is 14.4. The van der Waals surface area contributed by atoms with E-state index < -0.39 is 0 Å². The molecule has 4 atom stereocenters. The van der Waals surface area contributed by atoms with E-state index >= 15 is 0 Å². The van der Waals surface area contributed by atoms with Crippen molar-refractivity contribution in [2.75, 3.05) is 0 Å². The fourth-order valence-corrected chi connectivity index (χ4v) is 2.55. The second kappa shape index (κ2) is 3.88. The maximum atomic E-state index is 7.12. The van der Waals surface area contributed by atoms with Crippen LogP contribution in [0.3, 0.4) is 0 Å². The Balaban J connectivity index is 2.62. The molecule has 1 aliphatic rings. The topological polar surface area (TPSA) is 23.9 Å². The molecule has 12 heavy (non-hydrogen) atoms. The van der Waals surface area contributed by atoms with Crippen molar-refractivity contribution < 1.29 is 0 Å². The summed E-state index contributed by atoms with van der Waals surface area (Å²) in [6, 6.07) is 0. The van der Waals surface area contributed by atoms with Gasteiger partial charge in [-0.1, -0.05) is 19.9 Å². The van der Waals surface area contributed by atoms with Crippen molar-refractivity contribution in [3.8, 4) is 0 Å². The second-order valence-corrected chi connectivity index (χ2v) is 4.08. The zero-order valence-electron chi connectivity index (χ0n) is 8.09. The summed E-state index contributed by atoms with van der Waals surface area (Å²) >= 11 is 0. The van der Waals surface area contributed by atoms with E-state index in [4.69, 9.17) is 5.41 Å². The van der Waals surface area contributed by atoms with Crippen molar-refractivity contribution >= 4 is 6.21 Å². The molecule has 0 amide bonds. The Labute approximate surface area is 75.4 Å². The molecule has 0 aromatic rings. The molecule has 0 bridgehead atoms. The van der Waals surface area contributed by atoms with Gasteiger partial charge >= 0.3 is 0 Å². The first-order valence-corrected chi connectivity index (χ1v) is 4.82. The third kappa shape index (κ3) is 1.60. The highest BCUT2D eigenvalue weighted by Gasteiger charge is 2.35.